The lowest BCUT2D eigenvalue weighted by Crippen LogP contribution is -2.40. The predicted molar refractivity (Wildman–Crippen MR) is 117 cm³/mol. The van der Waals surface area contributed by atoms with Crippen LogP contribution in [0.4, 0.5) is 0 Å². The molecule has 1 saturated heterocycles. The molecule has 2 heterocycles. The minimum absolute atomic E-state index is 0.101. The summed E-state index contributed by atoms with van der Waals surface area (Å²) in [6.07, 6.45) is 2.31. The zero-order valence-electron chi connectivity index (χ0n) is 16.4. The van der Waals surface area contributed by atoms with E-state index in [4.69, 9.17) is 12.2 Å². The van der Waals surface area contributed by atoms with Crippen LogP contribution >= 0.6 is 12.2 Å². The average molecular weight is 409 g/mol. The second-order valence-electron chi connectivity index (χ2n) is 7.30. The lowest BCUT2D eigenvalue weighted by molar-refractivity contribution is 0.0941. The molecule has 4 rings (SSSR count). The van der Waals surface area contributed by atoms with Gasteiger partial charge in [0.2, 0.25) is 0 Å². The number of aromatic amines is 1. The third-order valence-electron chi connectivity index (χ3n) is 5.60. The lowest BCUT2D eigenvalue weighted by atomic mass is 10.1. The molecule has 0 spiro atoms. The zero-order chi connectivity index (χ0) is 20.4. The minimum Gasteiger partial charge on any atom is -0.350 e. The van der Waals surface area contributed by atoms with Gasteiger partial charge in [-0.25, -0.2) is 0 Å². The topological polar surface area (TPSA) is 70.1 Å². The van der Waals surface area contributed by atoms with Crippen molar-refractivity contribution in [3.05, 3.63) is 69.2 Å². The van der Waals surface area contributed by atoms with Crippen molar-refractivity contribution in [2.24, 2.45) is 0 Å². The molecular formula is C22H24N4O2S. The summed E-state index contributed by atoms with van der Waals surface area (Å²) in [6, 6.07) is 14.7. The number of nitrogens with one attached hydrogen (secondary N) is 2. The number of hydrogen-bond acceptors (Lipinski definition) is 4. The van der Waals surface area contributed by atoms with Crippen molar-refractivity contribution in [2.45, 2.75) is 25.8 Å². The molecule has 1 fully saturated rings. The Hall–Kier alpha value is -2.77. The summed E-state index contributed by atoms with van der Waals surface area (Å²) in [4.78, 5) is 30.9. The predicted octanol–water partition coefficient (Wildman–Crippen LogP) is 3.26. The molecule has 1 aliphatic heterocycles. The fraction of sp³-hybridized carbons (Fsp3) is 0.318. The molecule has 1 atom stereocenters. The SMILES string of the molecule is CCN1CCC[C@@H]1CNC(=O)c1ccc(-n2c(=S)[nH]c3ccccc3c2=O)cc1. The number of carbonyl (C=O) groups excluding carboxylic acids is 1. The largest absolute Gasteiger partial charge is 0.350 e. The Morgan fingerprint density at radius 2 is 1.97 bits per heavy atom. The number of rotatable bonds is 5. The molecule has 1 amide bonds. The Morgan fingerprint density at radius 3 is 2.72 bits per heavy atom. The van der Waals surface area contributed by atoms with E-state index in [0.717, 1.165) is 19.5 Å². The molecule has 0 aliphatic carbocycles. The number of nitrogens with zero attached hydrogens (tertiary/aromatic N) is 2. The molecule has 0 unspecified atom stereocenters. The van der Waals surface area contributed by atoms with E-state index in [2.05, 4.69) is 22.1 Å². The van der Waals surface area contributed by atoms with Crippen LogP contribution in [-0.4, -0.2) is 46.0 Å². The number of para-hydroxylation sites is 1. The molecular weight excluding hydrogens is 384 g/mol. The first kappa shape index (κ1) is 19.5. The quantitative estimate of drug-likeness (QED) is 0.636. The number of likely N-dealkylation sites (N-methyl/N-ethyl adjacent to an activating group) is 1. The van der Waals surface area contributed by atoms with Gasteiger partial charge in [0.15, 0.2) is 4.77 Å². The van der Waals surface area contributed by atoms with Crippen molar-refractivity contribution in [2.75, 3.05) is 19.6 Å². The third kappa shape index (κ3) is 3.88. The number of benzene rings is 2. The number of hydrogen-bond donors (Lipinski definition) is 2. The van der Waals surface area contributed by atoms with Crippen LogP contribution in [0.15, 0.2) is 53.3 Å². The highest BCUT2D eigenvalue weighted by molar-refractivity contribution is 7.71. The van der Waals surface area contributed by atoms with Gasteiger partial charge in [-0.05, 0) is 74.5 Å². The second kappa shape index (κ2) is 8.31. The summed E-state index contributed by atoms with van der Waals surface area (Å²) in [5.74, 6) is -0.101. The van der Waals surface area contributed by atoms with Gasteiger partial charge in [0.1, 0.15) is 0 Å². The Morgan fingerprint density at radius 1 is 1.21 bits per heavy atom. The fourth-order valence-electron chi connectivity index (χ4n) is 4.01. The summed E-state index contributed by atoms with van der Waals surface area (Å²) in [5.41, 5.74) is 1.73. The fourth-order valence-corrected chi connectivity index (χ4v) is 4.31. The third-order valence-corrected chi connectivity index (χ3v) is 5.88. The van der Waals surface area contributed by atoms with Gasteiger partial charge in [0.05, 0.1) is 16.6 Å². The van der Waals surface area contributed by atoms with Gasteiger partial charge in [-0.2, -0.15) is 0 Å². The van der Waals surface area contributed by atoms with E-state index in [1.165, 1.54) is 11.0 Å². The van der Waals surface area contributed by atoms with Gasteiger partial charge < -0.3 is 10.3 Å². The van der Waals surface area contributed by atoms with Gasteiger partial charge in [-0.1, -0.05) is 19.1 Å². The molecule has 150 valence electrons. The average Bonchev–Trinajstić information content (AvgIpc) is 3.20. The molecule has 29 heavy (non-hydrogen) atoms. The van der Waals surface area contributed by atoms with Crippen molar-refractivity contribution >= 4 is 29.0 Å². The Kier molecular flexibility index (Phi) is 5.60. The van der Waals surface area contributed by atoms with Gasteiger partial charge in [0, 0.05) is 18.2 Å². The normalized spacial score (nSPS) is 16.9. The van der Waals surface area contributed by atoms with E-state index in [1.807, 2.05) is 18.2 Å². The lowest BCUT2D eigenvalue weighted by Gasteiger charge is -2.22. The molecule has 7 heteroatoms. The summed E-state index contributed by atoms with van der Waals surface area (Å²) in [5, 5.41) is 3.60. The summed E-state index contributed by atoms with van der Waals surface area (Å²) in [7, 11) is 0. The highest BCUT2D eigenvalue weighted by Gasteiger charge is 2.23. The molecule has 0 saturated carbocycles. The van der Waals surface area contributed by atoms with Crippen molar-refractivity contribution in [3.63, 3.8) is 0 Å². The van der Waals surface area contributed by atoms with Crippen LogP contribution in [0.5, 0.6) is 0 Å². The molecule has 0 bridgehead atoms. The van der Waals surface area contributed by atoms with Gasteiger partial charge in [0.25, 0.3) is 11.5 Å². The van der Waals surface area contributed by atoms with Crippen LogP contribution < -0.4 is 10.9 Å². The summed E-state index contributed by atoms with van der Waals surface area (Å²) >= 11 is 5.38. The van der Waals surface area contributed by atoms with Crippen molar-refractivity contribution in [3.8, 4) is 5.69 Å². The van der Waals surface area contributed by atoms with Crippen LogP contribution in [0.2, 0.25) is 0 Å². The smallest absolute Gasteiger partial charge is 0.266 e. The van der Waals surface area contributed by atoms with Crippen molar-refractivity contribution in [1.82, 2.24) is 19.8 Å². The van der Waals surface area contributed by atoms with E-state index in [0.29, 0.717) is 39.5 Å². The number of amides is 1. The summed E-state index contributed by atoms with van der Waals surface area (Å²) in [6.45, 7) is 4.92. The molecule has 0 radical (unpaired) electrons. The number of likely N-dealkylation sites (tertiary alicyclic amines) is 1. The monoisotopic (exact) mass is 408 g/mol. The first-order chi connectivity index (χ1) is 14.1. The van der Waals surface area contributed by atoms with Crippen LogP contribution in [0, 0.1) is 4.77 Å². The van der Waals surface area contributed by atoms with E-state index in [9.17, 15) is 9.59 Å². The number of carbonyl (C=O) groups is 1. The number of aromatic nitrogens is 2. The number of fused-ring (bicyclic) bond motifs is 1. The first-order valence-corrected chi connectivity index (χ1v) is 10.4. The maximum absolute atomic E-state index is 12.9. The number of H-pyrrole nitrogens is 1. The van der Waals surface area contributed by atoms with E-state index in [-0.39, 0.29) is 11.5 Å². The maximum Gasteiger partial charge on any atom is 0.266 e. The molecule has 3 aromatic rings. The Balaban J connectivity index is 1.54. The molecule has 2 N–H and O–H groups in total. The van der Waals surface area contributed by atoms with Crippen LogP contribution in [0.3, 0.4) is 0 Å². The van der Waals surface area contributed by atoms with Crippen LogP contribution in [-0.2, 0) is 0 Å². The van der Waals surface area contributed by atoms with E-state index >= 15 is 0 Å². The molecule has 1 aromatic heterocycles. The second-order valence-corrected chi connectivity index (χ2v) is 7.68. The maximum atomic E-state index is 12.9. The van der Waals surface area contributed by atoms with E-state index in [1.54, 1.807) is 30.3 Å². The van der Waals surface area contributed by atoms with Crippen molar-refractivity contribution in [1.29, 1.82) is 0 Å². The molecule has 1 aliphatic rings. The first-order valence-electron chi connectivity index (χ1n) is 9.95. The summed E-state index contributed by atoms with van der Waals surface area (Å²) < 4.78 is 1.78. The molecule has 2 aromatic carbocycles. The highest BCUT2D eigenvalue weighted by atomic mass is 32.1. The van der Waals surface area contributed by atoms with Crippen LogP contribution in [0.1, 0.15) is 30.1 Å². The standard InChI is InChI=1S/C22H24N4O2S/c1-2-25-13-5-6-17(25)14-23-20(27)15-9-11-16(12-10-15)26-21(28)18-7-3-4-8-19(18)24-22(26)29/h3-4,7-12,17H,2,5-6,13-14H2,1H3,(H,23,27)(H,24,29)/t17-/m1/s1. The van der Waals surface area contributed by atoms with Gasteiger partial charge in [-0.3, -0.25) is 19.1 Å². The van der Waals surface area contributed by atoms with Crippen molar-refractivity contribution < 1.29 is 4.79 Å². The van der Waals surface area contributed by atoms with Gasteiger partial charge >= 0.3 is 0 Å². The molecule has 6 nitrogen and oxygen atoms in total. The Bertz CT molecular complexity index is 1150. The minimum atomic E-state index is -0.178. The highest BCUT2D eigenvalue weighted by Crippen LogP contribution is 2.16. The zero-order valence-corrected chi connectivity index (χ0v) is 17.2. The van der Waals surface area contributed by atoms with Gasteiger partial charge in [-0.15, -0.1) is 0 Å². The van der Waals surface area contributed by atoms with E-state index < -0.39 is 0 Å². The Labute approximate surface area is 174 Å². The van der Waals surface area contributed by atoms with Crippen LogP contribution in [0.25, 0.3) is 16.6 Å².